The number of thioether (sulfide) groups is 1. The van der Waals surface area contributed by atoms with Crippen LogP contribution in [0.4, 0.5) is 9.52 Å². The predicted molar refractivity (Wildman–Crippen MR) is 68.0 cm³/mol. The molecular weight excluding hydrogens is 313 g/mol. The molecule has 0 fully saturated rings. The first-order chi connectivity index (χ1) is 7.65. The number of rotatable bonds is 3. The van der Waals surface area contributed by atoms with E-state index < -0.39 is 0 Å². The summed E-state index contributed by atoms with van der Waals surface area (Å²) in [7, 11) is 0. The van der Waals surface area contributed by atoms with E-state index in [0.29, 0.717) is 15.4 Å². The SMILES string of the molecule is Nc1nnc(SCc2ccc(F)c(Br)c2)s1. The molecule has 1 aromatic carbocycles. The first kappa shape index (κ1) is 11.8. The predicted octanol–water partition coefficient (Wildman–Crippen LogP) is 3.31. The first-order valence-electron chi connectivity index (χ1n) is 4.31. The van der Waals surface area contributed by atoms with Crippen LogP contribution in [0.25, 0.3) is 0 Å². The van der Waals surface area contributed by atoms with Crippen LogP contribution in [0.2, 0.25) is 0 Å². The molecule has 0 aliphatic carbocycles. The van der Waals surface area contributed by atoms with Crippen molar-refractivity contribution in [2.75, 3.05) is 5.73 Å². The van der Waals surface area contributed by atoms with Crippen molar-refractivity contribution in [2.24, 2.45) is 0 Å². The number of benzene rings is 1. The third-order valence-corrected chi connectivity index (χ3v) is 4.33. The third-order valence-electron chi connectivity index (χ3n) is 1.77. The molecule has 0 bridgehead atoms. The van der Waals surface area contributed by atoms with Gasteiger partial charge in [0, 0.05) is 5.75 Å². The maximum atomic E-state index is 13.0. The second-order valence-electron chi connectivity index (χ2n) is 2.94. The van der Waals surface area contributed by atoms with E-state index in [-0.39, 0.29) is 5.82 Å². The van der Waals surface area contributed by atoms with Gasteiger partial charge in [-0.25, -0.2) is 4.39 Å². The summed E-state index contributed by atoms with van der Waals surface area (Å²) in [5.74, 6) is 0.460. The highest BCUT2D eigenvalue weighted by Gasteiger charge is 2.04. The van der Waals surface area contributed by atoms with E-state index in [0.717, 1.165) is 9.90 Å². The molecule has 2 N–H and O–H groups in total. The molecule has 84 valence electrons. The smallest absolute Gasteiger partial charge is 0.203 e. The van der Waals surface area contributed by atoms with Gasteiger partial charge in [0.15, 0.2) is 4.34 Å². The molecule has 1 aromatic heterocycles. The van der Waals surface area contributed by atoms with Crippen molar-refractivity contribution in [3.63, 3.8) is 0 Å². The number of halogens is 2. The Labute approximate surface area is 108 Å². The quantitative estimate of drug-likeness (QED) is 0.882. The molecule has 0 radical (unpaired) electrons. The van der Waals surface area contributed by atoms with Crippen LogP contribution in [-0.4, -0.2) is 10.2 Å². The van der Waals surface area contributed by atoms with E-state index in [1.807, 2.05) is 0 Å². The molecule has 3 nitrogen and oxygen atoms in total. The molecule has 0 aliphatic heterocycles. The molecule has 1 heterocycles. The molecule has 0 saturated heterocycles. The van der Waals surface area contributed by atoms with Gasteiger partial charge in [-0.15, -0.1) is 10.2 Å². The molecule has 0 aliphatic rings. The van der Waals surface area contributed by atoms with Crippen molar-refractivity contribution in [2.45, 2.75) is 10.1 Å². The van der Waals surface area contributed by atoms with Gasteiger partial charge >= 0.3 is 0 Å². The number of nitrogen functional groups attached to an aromatic ring is 1. The Hall–Kier alpha value is -0.660. The van der Waals surface area contributed by atoms with E-state index in [9.17, 15) is 4.39 Å². The van der Waals surface area contributed by atoms with Crippen molar-refractivity contribution in [3.8, 4) is 0 Å². The van der Waals surface area contributed by atoms with Crippen LogP contribution in [0, 0.1) is 5.82 Å². The first-order valence-corrected chi connectivity index (χ1v) is 6.90. The molecule has 0 atom stereocenters. The van der Waals surface area contributed by atoms with Crippen molar-refractivity contribution in [1.82, 2.24) is 10.2 Å². The second-order valence-corrected chi connectivity index (χ2v) is 6.03. The molecule has 16 heavy (non-hydrogen) atoms. The van der Waals surface area contributed by atoms with Gasteiger partial charge in [0.1, 0.15) is 5.82 Å². The molecule has 2 aromatic rings. The number of anilines is 1. The number of aromatic nitrogens is 2. The Morgan fingerprint density at radius 1 is 1.44 bits per heavy atom. The lowest BCUT2D eigenvalue weighted by Crippen LogP contribution is -1.83. The average Bonchev–Trinajstić information content (AvgIpc) is 2.66. The van der Waals surface area contributed by atoms with Crippen LogP contribution in [0.5, 0.6) is 0 Å². The highest BCUT2D eigenvalue weighted by molar-refractivity contribution is 9.10. The van der Waals surface area contributed by atoms with Crippen LogP contribution >= 0.6 is 39.0 Å². The third kappa shape index (κ3) is 2.93. The van der Waals surface area contributed by atoms with Gasteiger partial charge in [-0.3, -0.25) is 0 Å². The lowest BCUT2D eigenvalue weighted by Gasteiger charge is -2.00. The molecule has 0 unspecified atom stereocenters. The molecule has 0 amide bonds. The monoisotopic (exact) mass is 319 g/mol. The fraction of sp³-hybridized carbons (Fsp3) is 0.111. The highest BCUT2D eigenvalue weighted by Crippen LogP contribution is 2.28. The standard InChI is InChI=1S/C9H7BrFN3S2/c10-6-3-5(1-2-7(6)11)4-15-9-14-13-8(12)16-9/h1-3H,4H2,(H2,12,13). The molecule has 0 spiro atoms. The summed E-state index contributed by atoms with van der Waals surface area (Å²) < 4.78 is 14.3. The average molecular weight is 320 g/mol. The van der Waals surface area contributed by atoms with Gasteiger partial charge in [-0.05, 0) is 33.6 Å². The highest BCUT2D eigenvalue weighted by atomic mass is 79.9. The Morgan fingerprint density at radius 2 is 2.25 bits per heavy atom. The normalized spacial score (nSPS) is 10.6. The van der Waals surface area contributed by atoms with Crippen LogP contribution < -0.4 is 5.73 Å². The second kappa shape index (κ2) is 5.11. The van der Waals surface area contributed by atoms with Gasteiger partial charge in [-0.1, -0.05) is 29.2 Å². The number of hydrogen-bond donors (Lipinski definition) is 1. The summed E-state index contributed by atoms with van der Waals surface area (Å²) in [6, 6.07) is 4.94. The summed E-state index contributed by atoms with van der Waals surface area (Å²) in [6.07, 6.45) is 0. The van der Waals surface area contributed by atoms with Crippen LogP contribution in [0.3, 0.4) is 0 Å². The summed E-state index contributed by atoms with van der Waals surface area (Å²) >= 11 is 6.02. The minimum atomic E-state index is -0.256. The summed E-state index contributed by atoms with van der Waals surface area (Å²) in [5, 5.41) is 8.07. The zero-order valence-electron chi connectivity index (χ0n) is 7.98. The van der Waals surface area contributed by atoms with Crippen molar-refractivity contribution >= 4 is 44.2 Å². The number of nitrogens with zero attached hydrogens (tertiary/aromatic N) is 2. The van der Waals surface area contributed by atoms with Gasteiger partial charge in [0.05, 0.1) is 4.47 Å². The topological polar surface area (TPSA) is 51.8 Å². The Bertz CT molecular complexity index is 503. The molecule has 7 heteroatoms. The maximum Gasteiger partial charge on any atom is 0.203 e. The summed E-state index contributed by atoms with van der Waals surface area (Å²) in [5.41, 5.74) is 6.49. The zero-order chi connectivity index (χ0) is 11.5. The van der Waals surface area contributed by atoms with Gasteiger partial charge < -0.3 is 5.73 Å². The molecule has 2 rings (SSSR count). The van der Waals surface area contributed by atoms with Gasteiger partial charge in [0.25, 0.3) is 0 Å². The van der Waals surface area contributed by atoms with E-state index in [2.05, 4.69) is 26.1 Å². The van der Waals surface area contributed by atoms with Crippen LogP contribution in [0.15, 0.2) is 27.0 Å². The largest absolute Gasteiger partial charge is 0.374 e. The van der Waals surface area contributed by atoms with Crippen molar-refractivity contribution in [3.05, 3.63) is 34.1 Å². The van der Waals surface area contributed by atoms with E-state index in [1.165, 1.54) is 29.2 Å². The minimum Gasteiger partial charge on any atom is -0.374 e. The van der Waals surface area contributed by atoms with E-state index in [4.69, 9.17) is 5.73 Å². The van der Waals surface area contributed by atoms with E-state index >= 15 is 0 Å². The fourth-order valence-electron chi connectivity index (χ4n) is 1.05. The lowest BCUT2D eigenvalue weighted by atomic mass is 10.2. The number of hydrogen-bond acceptors (Lipinski definition) is 5. The van der Waals surface area contributed by atoms with Gasteiger partial charge in [0.2, 0.25) is 5.13 Å². The maximum absolute atomic E-state index is 13.0. The lowest BCUT2D eigenvalue weighted by molar-refractivity contribution is 0.620. The fourth-order valence-corrected chi connectivity index (χ4v) is 3.06. The molecular formula is C9H7BrFN3S2. The summed E-state index contributed by atoms with van der Waals surface area (Å²) in [6.45, 7) is 0. The van der Waals surface area contributed by atoms with Crippen molar-refractivity contribution in [1.29, 1.82) is 0 Å². The molecule has 0 saturated carbocycles. The Kier molecular flexibility index (Phi) is 3.78. The van der Waals surface area contributed by atoms with Gasteiger partial charge in [-0.2, -0.15) is 0 Å². The Morgan fingerprint density at radius 3 is 2.88 bits per heavy atom. The zero-order valence-corrected chi connectivity index (χ0v) is 11.2. The van der Waals surface area contributed by atoms with Crippen molar-refractivity contribution < 1.29 is 4.39 Å². The van der Waals surface area contributed by atoms with Crippen LogP contribution in [-0.2, 0) is 5.75 Å². The van der Waals surface area contributed by atoms with Crippen LogP contribution in [0.1, 0.15) is 5.56 Å². The van der Waals surface area contributed by atoms with E-state index in [1.54, 1.807) is 12.1 Å². The summed E-state index contributed by atoms with van der Waals surface area (Å²) in [4.78, 5) is 0. The number of nitrogens with two attached hydrogens (primary N) is 1. The Balaban J connectivity index is 2.02. The minimum absolute atomic E-state index is 0.256.